The molecule has 1 aromatic carbocycles. The summed E-state index contributed by atoms with van der Waals surface area (Å²) < 4.78 is 18.9. The Hall–Kier alpha value is -2.91. The van der Waals surface area contributed by atoms with Crippen LogP contribution in [-0.2, 0) is 11.2 Å². The number of anilines is 1. The number of carbonyl (C=O) groups excluding carboxylic acids is 1. The lowest BCUT2D eigenvalue weighted by molar-refractivity contribution is -0.116. The highest BCUT2D eigenvalue weighted by Gasteiger charge is 2.12. The summed E-state index contributed by atoms with van der Waals surface area (Å²) in [6.07, 6.45) is 0.533. The lowest BCUT2D eigenvalue weighted by Crippen LogP contribution is -2.12. The van der Waals surface area contributed by atoms with Gasteiger partial charge in [0.2, 0.25) is 17.7 Å². The molecule has 4 aromatic rings. The van der Waals surface area contributed by atoms with Crippen LogP contribution in [0.4, 0.5) is 9.52 Å². The Kier molecular flexibility index (Phi) is 5.03. The average molecular weight is 400 g/mol. The van der Waals surface area contributed by atoms with Crippen molar-refractivity contribution in [2.75, 3.05) is 5.32 Å². The van der Waals surface area contributed by atoms with Crippen molar-refractivity contribution < 1.29 is 13.6 Å². The van der Waals surface area contributed by atoms with Crippen LogP contribution < -0.4 is 5.32 Å². The molecule has 1 amide bonds. The third-order valence-electron chi connectivity index (χ3n) is 3.67. The minimum Gasteiger partial charge on any atom is -0.421 e. The van der Waals surface area contributed by atoms with Gasteiger partial charge >= 0.3 is 0 Å². The van der Waals surface area contributed by atoms with Crippen LogP contribution in [0.1, 0.15) is 12.3 Å². The maximum Gasteiger partial charge on any atom is 0.248 e. The van der Waals surface area contributed by atoms with Gasteiger partial charge in [0.15, 0.2) is 5.13 Å². The maximum atomic E-state index is 13.3. The summed E-state index contributed by atoms with van der Waals surface area (Å²) in [5.74, 6) is 0.329. The highest BCUT2D eigenvalue weighted by molar-refractivity contribution is 7.14. The number of nitrogens with one attached hydrogen (secondary N) is 1. The smallest absolute Gasteiger partial charge is 0.248 e. The number of aryl methyl sites for hydroxylation is 1. The number of rotatable bonds is 6. The summed E-state index contributed by atoms with van der Waals surface area (Å²) in [4.78, 5) is 16.5. The minimum atomic E-state index is -0.326. The third kappa shape index (κ3) is 4.26. The first-order valence-corrected chi connectivity index (χ1v) is 9.86. The highest BCUT2D eigenvalue weighted by atomic mass is 32.1. The summed E-state index contributed by atoms with van der Waals surface area (Å²) in [5, 5.41) is 16.8. The van der Waals surface area contributed by atoms with Gasteiger partial charge in [-0.1, -0.05) is 12.1 Å². The van der Waals surface area contributed by atoms with E-state index < -0.39 is 0 Å². The highest BCUT2D eigenvalue weighted by Crippen LogP contribution is 2.25. The fourth-order valence-electron chi connectivity index (χ4n) is 2.37. The Bertz CT molecular complexity index is 1060. The molecule has 0 aliphatic rings. The van der Waals surface area contributed by atoms with Gasteiger partial charge in [-0.2, -0.15) is 11.3 Å². The van der Waals surface area contributed by atoms with Gasteiger partial charge in [0.1, 0.15) is 5.82 Å². The molecule has 0 bridgehead atoms. The number of hydrogen-bond donors (Lipinski definition) is 1. The van der Waals surface area contributed by atoms with Crippen LogP contribution in [0.2, 0.25) is 0 Å². The topological polar surface area (TPSA) is 80.9 Å². The first kappa shape index (κ1) is 17.5. The van der Waals surface area contributed by atoms with E-state index in [1.165, 1.54) is 23.5 Å². The Morgan fingerprint density at radius 3 is 2.93 bits per heavy atom. The van der Waals surface area contributed by atoms with Crippen molar-refractivity contribution in [2.45, 2.75) is 12.8 Å². The standard InChI is InChI=1S/C18H13FN4O2S2/c19-13-3-1-2-11(8-13)14-10-27-18(20-14)21-15(24)4-5-16-22-23-17(25-16)12-6-7-26-9-12/h1-3,6-10H,4-5H2,(H,20,21,24). The van der Waals surface area contributed by atoms with Crippen LogP contribution in [0.25, 0.3) is 22.7 Å². The van der Waals surface area contributed by atoms with Gasteiger partial charge in [-0.05, 0) is 23.6 Å². The second-order valence-electron chi connectivity index (χ2n) is 5.61. The number of aromatic nitrogens is 3. The predicted octanol–water partition coefficient (Wildman–Crippen LogP) is 4.63. The number of carbonyl (C=O) groups is 1. The summed E-state index contributed by atoms with van der Waals surface area (Å²) in [6.45, 7) is 0. The van der Waals surface area contributed by atoms with Crippen LogP contribution in [0, 0.1) is 5.82 Å². The molecule has 0 radical (unpaired) electrons. The van der Waals surface area contributed by atoms with E-state index in [0.717, 1.165) is 5.56 Å². The van der Waals surface area contributed by atoms with E-state index in [4.69, 9.17) is 4.42 Å². The second kappa shape index (κ2) is 7.77. The van der Waals surface area contributed by atoms with Gasteiger partial charge in [-0.25, -0.2) is 9.37 Å². The van der Waals surface area contributed by atoms with Crippen LogP contribution in [-0.4, -0.2) is 21.1 Å². The van der Waals surface area contributed by atoms with Crippen molar-refractivity contribution in [2.24, 2.45) is 0 Å². The SMILES string of the molecule is O=C(CCc1nnc(-c2ccsc2)o1)Nc1nc(-c2cccc(F)c2)cs1. The number of nitrogens with zero attached hydrogens (tertiary/aromatic N) is 3. The molecule has 0 spiro atoms. The zero-order valence-electron chi connectivity index (χ0n) is 13.9. The molecular weight excluding hydrogens is 387 g/mol. The van der Waals surface area contributed by atoms with E-state index in [0.29, 0.717) is 34.6 Å². The van der Waals surface area contributed by atoms with Crippen molar-refractivity contribution in [3.63, 3.8) is 0 Å². The largest absolute Gasteiger partial charge is 0.421 e. The Morgan fingerprint density at radius 2 is 2.11 bits per heavy atom. The summed E-state index contributed by atoms with van der Waals surface area (Å²) in [7, 11) is 0. The fourth-order valence-corrected chi connectivity index (χ4v) is 3.74. The van der Waals surface area contributed by atoms with Crippen molar-refractivity contribution in [1.29, 1.82) is 0 Å². The second-order valence-corrected chi connectivity index (χ2v) is 7.25. The van der Waals surface area contributed by atoms with E-state index in [2.05, 4.69) is 20.5 Å². The van der Waals surface area contributed by atoms with E-state index >= 15 is 0 Å². The Labute approximate surface area is 161 Å². The molecule has 4 rings (SSSR count). The number of benzene rings is 1. The van der Waals surface area contributed by atoms with Crippen molar-refractivity contribution in [1.82, 2.24) is 15.2 Å². The quantitative estimate of drug-likeness (QED) is 0.510. The van der Waals surface area contributed by atoms with Gasteiger partial charge in [0, 0.05) is 34.7 Å². The average Bonchev–Trinajstić information content (AvgIpc) is 3.41. The number of halogens is 1. The zero-order chi connectivity index (χ0) is 18.6. The van der Waals surface area contributed by atoms with Crippen molar-refractivity contribution in [3.8, 4) is 22.7 Å². The predicted molar refractivity (Wildman–Crippen MR) is 102 cm³/mol. The van der Waals surface area contributed by atoms with Crippen LogP contribution in [0.5, 0.6) is 0 Å². The first-order valence-electron chi connectivity index (χ1n) is 8.03. The monoisotopic (exact) mass is 400 g/mol. The normalized spacial score (nSPS) is 10.9. The summed E-state index contributed by atoms with van der Waals surface area (Å²) >= 11 is 2.83. The molecule has 0 saturated carbocycles. The number of thiazole rings is 1. The Morgan fingerprint density at radius 1 is 1.19 bits per heavy atom. The number of thiophene rings is 1. The minimum absolute atomic E-state index is 0.195. The summed E-state index contributed by atoms with van der Waals surface area (Å²) in [6, 6.07) is 8.07. The van der Waals surface area contributed by atoms with Gasteiger partial charge in [-0.15, -0.1) is 21.5 Å². The zero-order valence-corrected chi connectivity index (χ0v) is 15.5. The van der Waals surface area contributed by atoms with Gasteiger partial charge in [-0.3, -0.25) is 4.79 Å². The Balaban J connectivity index is 1.33. The van der Waals surface area contributed by atoms with E-state index in [1.807, 2.05) is 16.8 Å². The molecule has 136 valence electrons. The molecule has 3 heterocycles. The van der Waals surface area contributed by atoms with Crippen molar-refractivity contribution >= 4 is 33.7 Å². The number of hydrogen-bond acceptors (Lipinski definition) is 7. The summed E-state index contributed by atoms with van der Waals surface area (Å²) in [5.41, 5.74) is 2.15. The molecule has 0 atom stereocenters. The van der Waals surface area contributed by atoms with Crippen LogP contribution in [0.15, 0.2) is 50.9 Å². The van der Waals surface area contributed by atoms with Gasteiger partial charge in [0.25, 0.3) is 0 Å². The fraction of sp³-hybridized carbons (Fsp3) is 0.111. The lowest BCUT2D eigenvalue weighted by Gasteiger charge is -2.00. The molecule has 0 aliphatic heterocycles. The van der Waals surface area contributed by atoms with Crippen LogP contribution >= 0.6 is 22.7 Å². The van der Waals surface area contributed by atoms with Crippen LogP contribution in [0.3, 0.4) is 0 Å². The molecule has 0 saturated heterocycles. The van der Waals surface area contributed by atoms with Crippen molar-refractivity contribution in [3.05, 3.63) is 58.2 Å². The molecule has 27 heavy (non-hydrogen) atoms. The van der Waals surface area contributed by atoms with E-state index in [1.54, 1.807) is 28.8 Å². The molecule has 6 nitrogen and oxygen atoms in total. The molecule has 0 unspecified atom stereocenters. The molecule has 0 aliphatic carbocycles. The van der Waals surface area contributed by atoms with E-state index in [9.17, 15) is 9.18 Å². The molecule has 1 N–H and O–H groups in total. The van der Waals surface area contributed by atoms with Gasteiger partial charge in [0.05, 0.1) is 5.69 Å². The number of amides is 1. The van der Waals surface area contributed by atoms with Gasteiger partial charge < -0.3 is 9.73 Å². The lowest BCUT2D eigenvalue weighted by atomic mass is 10.2. The molecule has 0 fully saturated rings. The third-order valence-corrected chi connectivity index (χ3v) is 5.11. The molecule has 9 heteroatoms. The first-order chi connectivity index (χ1) is 13.2. The van der Waals surface area contributed by atoms with E-state index in [-0.39, 0.29) is 18.1 Å². The molecule has 3 aromatic heterocycles. The molecular formula is C18H13FN4O2S2. The maximum absolute atomic E-state index is 13.3.